The Hall–Kier alpha value is 0.770. The van der Waals surface area contributed by atoms with Crippen LogP contribution in [0.3, 0.4) is 0 Å². The largest absolute Gasteiger partial charge is 1.00 e. The molecule has 0 aliphatic rings. The summed E-state index contributed by atoms with van der Waals surface area (Å²) in [6.07, 6.45) is 0.167. The van der Waals surface area contributed by atoms with Crippen LogP contribution in [0.1, 0.15) is 0 Å². The van der Waals surface area contributed by atoms with E-state index in [0.717, 1.165) is 7.11 Å². The number of hydrogen-bond donors (Lipinski definition) is 3. The molecule has 0 aliphatic carbocycles. The van der Waals surface area contributed by atoms with Gasteiger partial charge in [-0.15, -0.1) is 0 Å². The summed E-state index contributed by atoms with van der Waals surface area (Å²) in [7, 11) is 1.00. The number of carboxylic acid groups (broad SMARTS) is 2. The first-order valence-electron chi connectivity index (χ1n) is 1.88. The van der Waals surface area contributed by atoms with Gasteiger partial charge < -0.3 is 15.3 Å². The maximum atomic E-state index is 9.37. The van der Waals surface area contributed by atoms with E-state index in [0.29, 0.717) is 0 Å². The third kappa shape index (κ3) is 36.4. The average molecular weight is 181 g/mol. The van der Waals surface area contributed by atoms with E-state index in [2.05, 4.69) is 0 Å². The Morgan fingerprint density at radius 3 is 1.18 bits per heavy atom. The van der Waals surface area contributed by atoms with Gasteiger partial charge in [0.1, 0.15) is 0 Å². The molecule has 0 spiro atoms. The molecule has 3 N–H and O–H groups in total. The van der Waals surface area contributed by atoms with Crippen molar-refractivity contribution in [2.24, 2.45) is 0 Å². The molecular formula is C4H7Na2O5+. The van der Waals surface area contributed by atoms with Crippen LogP contribution in [0.2, 0.25) is 0 Å². The van der Waals surface area contributed by atoms with Gasteiger partial charge in [-0.25, -0.2) is 0 Å². The maximum absolute atomic E-state index is 9.37. The molecule has 0 atom stereocenters. The predicted molar refractivity (Wildman–Crippen MR) is 27.7 cm³/mol. The molecule has 5 nitrogen and oxygen atoms in total. The van der Waals surface area contributed by atoms with Crippen molar-refractivity contribution in [3.8, 4) is 0 Å². The van der Waals surface area contributed by atoms with Gasteiger partial charge in [-0.05, 0) is 0 Å². The van der Waals surface area contributed by atoms with Crippen molar-refractivity contribution in [1.29, 1.82) is 0 Å². The minimum atomic E-state index is -1.44. The second-order valence-electron chi connectivity index (χ2n) is 0.821. The molecule has 0 unspecified atom stereocenters. The second kappa shape index (κ2) is 17.0. The van der Waals surface area contributed by atoms with Crippen LogP contribution in [0, 0.1) is 6.42 Å². The van der Waals surface area contributed by atoms with Crippen molar-refractivity contribution in [3.05, 3.63) is 6.42 Å². The summed E-state index contributed by atoms with van der Waals surface area (Å²) >= 11 is 0. The molecule has 0 heterocycles. The van der Waals surface area contributed by atoms with E-state index in [9.17, 15) is 9.59 Å². The Kier molecular flexibility index (Phi) is 35.0. The van der Waals surface area contributed by atoms with E-state index in [4.69, 9.17) is 15.3 Å². The molecule has 54 valence electrons. The first-order valence-corrected chi connectivity index (χ1v) is 1.88. The van der Waals surface area contributed by atoms with Gasteiger partial charge in [0.2, 0.25) is 0 Å². The SMILES string of the molecule is CO.O=C(O)[CH-]C(=O)O.[Na+].[Na+]. The van der Waals surface area contributed by atoms with Crippen molar-refractivity contribution < 1.29 is 84.0 Å². The van der Waals surface area contributed by atoms with Crippen LogP contribution in [0.5, 0.6) is 0 Å². The fraction of sp³-hybridized carbons (Fsp3) is 0.250. The number of carbonyl (C=O) groups is 2. The van der Waals surface area contributed by atoms with Crippen LogP contribution in [0.25, 0.3) is 0 Å². The van der Waals surface area contributed by atoms with Gasteiger partial charge in [0.15, 0.2) is 11.9 Å². The smallest absolute Gasteiger partial charge is 0.503 e. The molecule has 0 amide bonds. The molecule has 0 fully saturated rings. The molecule has 11 heavy (non-hydrogen) atoms. The van der Waals surface area contributed by atoms with Crippen LogP contribution < -0.4 is 59.1 Å². The standard InChI is InChI=1S/C3H3O4.CH4O.2Na/c4-2(5)1-3(6)7;1-2;;/h1H,(H,4,5)(H,6,7);2H,1H3;;/q-1;;2*+1. The van der Waals surface area contributed by atoms with Crippen LogP contribution in [0.15, 0.2) is 0 Å². The Morgan fingerprint density at radius 2 is 1.18 bits per heavy atom. The Bertz CT molecular complexity index is 92.7. The minimum Gasteiger partial charge on any atom is -0.503 e. The van der Waals surface area contributed by atoms with Crippen LogP contribution in [-0.4, -0.2) is 34.4 Å². The Balaban J connectivity index is -0.0000000564. The minimum absolute atomic E-state index is 0. The molecule has 0 aliphatic heterocycles. The van der Waals surface area contributed by atoms with Crippen LogP contribution >= 0.6 is 0 Å². The summed E-state index contributed by atoms with van der Waals surface area (Å²) in [5.41, 5.74) is 0. The topological polar surface area (TPSA) is 94.8 Å². The fourth-order valence-electron chi connectivity index (χ4n) is 0.106. The van der Waals surface area contributed by atoms with Gasteiger partial charge in [-0.1, -0.05) is 0 Å². The van der Waals surface area contributed by atoms with Crippen molar-refractivity contribution in [2.75, 3.05) is 7.11 Å². The number of aliphatic hydroxyl groups excluding tert-OH is 1. The normalized spacial score (nSPS) is 5.27. The summed E-state index contributed by atoms with van der Waals surface area (Å²) in [5, 5.41) is 22.3. The fourth-order valence-corrected chi connectivity index (χ4v) is 0.106. The van der Waals surface area contributed by atoms with Gasteiger partial charge in [0, 0.05) is 7.11 Å². The molecular weight excluding hydrogens is 174 g/mol. The van der Waals surface area contributed by atoms with Gasteiger partial charge >= 0.3 is 59.1 Å². The molecule has 0 saturated heterocycles. The summed E-state index contributed by atoms with van der Waals surface area (Å²) in [5.74, 6) is -2.87. The predicted octanol–water partition coefficient (Wildman–Crippen LogP) is -7.02. The quantitative estimate of drug-likeness (QED) is 0.223. The molecule has 0 radical (unpaired) electrons. The van der Waals surface area contributed by atoms with Gasteiger partial charge in [-0.3, -0.25) is 9.59 Å². The molecule has 0 bridgehead atoms. The Morgan fingerprint density at radius 1 is 1.00 bits per heavy atom. The zero-order chi connectivity index (χ0) is 7.86. The van der Waals surface area contributed by atoms with Crippen LogP contribution in [-0.2, 0) is 9.59 Å². The molecule has 0 aromatic carbocycles. The number of aliphatic carboxylic acids is 2. The van der Waals surface area contributed by atoms with E-state index < -0.39 is 11.9 Å². The van der Waals surface area contributed by atoms with E-state index in [-0.39, 0.29) is 65.5 Å². The average Bonchev–Trinajstić information content (AvgIpc) is 1.68. The monoisotopic (exact) mass is 181 g/mol. The third-order valence-electron chi connectivity index (χ3n) is 0.247. The first kappa shape index (κ1) is 22.6. The summed E-state index contributed by atoms with van der Waals surface area (Å²) in [4.78, 5) is 18.7. The number of carboxylic acids is 2. The van der Waals surface area contributed by atoms with Crippen molar-refractivity contribution in [2.45, 2.75) is 0 Å². The first-order chi connectivity index (χ1) is 4.13. The van der Waals surface area contributed by atoms with Crippen molar-refractivity contribution in [3.63, 3.8) is 0 Å². The van der Waals surface area contributed by atoms with Crippen molar-refractivity contribution in [1.82, 2.24) is 0 Å². The molecule has 0 aromatic heterocycles. The number of rotatable bonds is 2. The van der Waals surface area contributed by atoms with Gasteiger partial charge in [0.05, 0.1) is 0 Å². The number of hydrogen-bond acceptors (Lipinski definition) is 3. The molecule has 7 heteroatoms. The Labute approximate surface area is 108 Å². The summed E-state index contributed by atoms with van der Waals surface area (Å²) in [6, 6.07) is 0. The van der Waals surface area contributed by atoms with Crippen molar-refractivity contribution >= 4 is 11.9 Å². The van der Waals surface area contributed by atoms with E-state index in [1.165, 1.54) is 0 Å². The third-order valence-corrected chi connectivity index (χ3v) is 0.247. The van der Waals surface area contributed by atoms with E-state index in [1.807, 2.05) is 0 Å². The van der Waals surface area contributed by atoms with E-state index >= 15 is 0 Å². The van der Waals surface area contributed by atoms with Gasteiger partial charge in [-0.2, -0.15) is 6.42 Å². The summed E-state index contributed by atoms with van der Waals surface area (Å²) in [6.45, 7) is 0. The van der Waals surface area contributed by atoms with Gasteiger partial charge in [0.25, 0.3) is 0 Å². The number of aliphatic hydroxyl groups is 1. The molecule has 0 rings (SSSR count). The molecule has 0 saturated carbocycles. The van der Waals surface area contributed by atoms with Crippen LogP contribution in [0.4, 0.5) is 0 Å². The summed E-state index contributed by atoms with van der Waals surface area (Å²) < 4.78 is 0. The van der Waals surface area contributed by atoms with E-state index in [1.54, 1.807) is 0 Å². The zero-order valence-corrected chi connectivity index (χ0v) is 10.7. The zero-order valence-electron chi connectivity index (χ0n) is 6.74. The maximum Gasteiger partial charge on any atom is 1.00 e. The molecule has 0 aromatic rings. The second-order valence-corrected chi connectivity index (χ2v) is 0.821.